The average Bonchev–Trinajstić information content (AvgIpc) is 3.04. The van der Waals surface area contributed by atoms with E-state index in [2.05, 4.69) is 25.3 Å². The van der Waals surface area contributed by atoms with Crippen LogP contribution in [0.1, 0.15) is 35.7 Å². The van der Waals surface area contributed by atoms with Crippen LogP contribution in [0.15, 0.2) is 30.9 Å². The summed E-state index contributed by atoms with van der Waals surface area (Å²) in [5.41, 5.74) is 15.3. The summed E-state index contributed by atoms with van der Waals surface area (Å²) in [6.45, 7) is 3.71. The minimum atomic E-state index is -0.354. The molecule has 1 aliphatic rings. The van der Waals surface area contributed by atoms with Gasteiger partial charge in [-0.3, -0.25) is 9.78 Å². The van der Waals surface area contributed by atoms with Gasteiger partial charge in [-0.25, -0.2) is 9.50 Å². The summed E-state index contributed by atoms with van der Waals surface area (Å²) in [6.07, 6.45) is 9.59. The predicted molar refractivity (Wildman–Crippen MR) is 108 cm³/mol. The SMILES string of the molecule is CCc1cnc2c(C(=O)Nc3cnccc3N3CCC(N)CC3)c(N)nn2c1. The van der Waals surface area contributed by atoms with E-state index in [0.717, 1.165) is 43.6 Å². The molecule has 0 saturated carbocycles. The second-order valence-electron chi connectivity index (χ2n) is 7.02. The molecular weight excluding hydrogens is 356 g/mol. The third-order valence-corrected chi connectivity index (χ3v) is 5.11. The molecule has 0 aliphatic carbocycles. The largest absolute Gasteiger partial charge is 0.381 e. The topological polar surface area (TPSA) is 127 Å². The Balaban J connectivity index is 1.63. The molecule has 1 fully saturated rings. The van der Waals surface area contributed by atoms with Gasteiger partial charge in [0.05, 0.1) is 17.6 Å². The minimum absolute atomic E-state index is 0.146. The van der Waals surface area contributed by atoms with Gasteiger partial charge < -0.3 is 21.7 Å². The number of nitrogens with two attached hydrogens (primary N) is 2. The van der Waals surface area contributed by atoms with E-state index in [1.165, 1.54) is 0 Å². The quantitative estimate of drug-likeness (QED) is 0.625. The molecule has 9 nitrogen and oxygen atoms in total. The minimum Gasteiger partial charge on any atom is -0.381 e. The van der Waals surface area contributed by atoms with E-state index in [0.29, 0.717) is 11.3 Å². The zero-order valence-electron chi connectivity index (χ0n) is 15.8. The zero-order chi connectivity index (χ0) is 19.7. The second-order valence-corrected chi connectivity index (χ2v) is 7.02. The van der Waals surface area contributed by atoms with Crippen LogP contribution in [0.4, 0.5) is 17.2 Å². The fraction of sp³-hybridized carbons (Fsp3) is 0.368. The van der Waals surface area contributed by atoms with E-state index >= 15 is 0 Å². The molecular formula is C19H24N8O. The number of nitrogens with zero attached hydrogens (tertiary/aromatic N) is 5. The normalized spacial score (nSPS) is 15.1. The summed E-state index contributed by atoms with van der Waals surface area (Å²) in [5, 5.41) is 7.17. The van der Waals surface area contributed by atoms with Crippen molar-refractivity contribution in [3.05, 3.63) is 42.0 Å². The first-order valence-electron chi connectivity index (χ1n) is 9.45. The lowest BCUT2D eigenvalue weighted by Gasteiger charge is -2.33. The number of aryl methyl sites for hydroxylation is 1. The van der Waals surface area contributed by atoms with Crippen LogP contribution in [0.25, 0.3) is 5.65 Å². The summed E-state index contributed by atoms with van der Waals surface area (Å²) in [7, 11) is 0. The Kier molecular flexibility index (Phi) is 4.82. The number of anilines is 3. The molecule has 1 amide bonds. The van der Waals surface area contributed by atoms with Crippen LogP contribution < -0.4 is 21.7 Å². The molecule has 0 unspecified atom stereocenters. The van der Waals surface area contributed by atoms with E-state index < -0.39 is 0 Å². The van der Waals surface area contributed by atoms with Gasteiger partial charge in [-0.15, -0.1) is 5.10 Å². The number of carbonyl (C=O) groups excluding carboxylic acids is 1. The van der Waals surface area contributed by atoms with E-state index in [4.69, 9.17) is 11.5 Å². The van der Waals surface area contributed by atoms with Crippen molar-refractivity contribution in [3.8, 4) is 0 Å². The molecule has 9 heteroatoms. The van der Waals surface area contributed by atoms with Crippen molar-refractivity contribution in [2.45, 2.75) is 32.2 Å². The highest BCUT2D eigenvalue weighted by Crippen LogP contribution is 2.28. The van der Waals surface area contributed by atoms with Gasteiger partial charge in [-0.2, -0.15) is 0 Å². The molecule has 146 valence electrons. The average molecular weight is 380 g/mol. The Hall–Kier alpha value is -3.20. The van der Waals surface area contributed by atoms with Crippen molar-refractivity contribution >= 4 is 28.7 Å². The fourth-order valence-corrected chi connectivity index (χ4v) is 3.48. The van der Waals surface area contributed by atoms with Crippen LogP contribution in [-0.4, -0.2) is 44.6 Å². The number of rotatable bonds is 4. The maximum absolute atomic E-state index is 13.0. The molecule has 0 spiro atoms. The molecule has 4 heterocycles. The standard InChI is InChI=1S/C19H24N8O/c1-2-12-9-23-18-16(17(21)25-27(18)11-12)19(28)24-14-10-22-6-3-15(14)26-7-4-13(20)5-8-26/h3,6,9-11,13H,2,4-5,7-8,20H2,1H3,(H2,21,25)(H,24,28). The lowest BCUT2D eigenvalue weighted by atomic mass is 10.1. The number of hydrogen-bond acceptors (Lipinski definition) is 7. The number of fused-ring (bicyclic) bond motifs is 1. The smallest absolute Gasteiger partial charge is 0.263 e. The molecule has 1 saturated heterocycles. The van der Waals surface area contributed by atoms with Gasteiger partial charge >= 0.3 is 0 Å². The molecule has 1 aliphatic heterocycles. The Morgan fingerprint density at radius 2 is 2.11 bits per heavy atom. The fourth-order valence-electron chi connectivity index (χ4n) is 3.48. The summed E-state index contributed by atoms with van der Waals surface area (Å²) in [5.74, 6) is -0.208. The number of hydrogen-bond donors (Lipinski definition) is 3. The molecule has 3 aromatic rings. The highest BCUT2D eigenvalue weighted by Gasteiger charge is 2.23. The maximum Gasteiger partial charge on any atom is 0.263 e. The van der Waals surface area contributed by atoms with Crippen molar-refractivity contribution in [3.63, 3.8) is 0 Å². The summed E-state index contributed by atoms with van der Waals surface area (Å²) in [4.78, 5) is 23.8. The highest BCUT2D eigenvalue weighted by atomic mass is 16.1. The van der Waals surface area contributed by atoms with Crippen molar-refractivity contribution in [2.75, 3.05) is 29.0 Å². The van der Waals surface area contributed by atoms with Gasteiger partial charge in [0, 0.05) is 37.7 Å². The van der Waals surface area contributed by atoms with Gasteiger partial charge in [-0.05, 0) is 30.9 Å². The second kappa shape index (κ2) is 7.43. The molecule has 4 rings (SSSR count). The van der Waals surface area contributed by atoms with Crippen LogP contribution >= 0.6 is 0 Å². The summed E-state index contributed by atoms with van der Waals surface area (Å²) >= 11 is 0. The third-order valence-electron chi connectivity index (χ3n) is 5.11. The van der Waals surface area contributed by atoms with Crippen molar-refractivity contribution in [1.82, 2.24) is 19.6 Å². The van der Waals surface area contributed by atoms with Gasteiger partial charge in [-0.1, -0.05) is 6.92 Å². The van der Waals surface area contributed by atoms with E-state index in [1.54, 1.807) is 23.1 Å². The highest BCUT2D eigenvalue weighted by molar-refractivity contribution is 6.12. The summed E-state index contributed by atoms with van der Waals surface area (Å²) < 4.78 is 1.55. The number of pyridine rings is 1. The molecule has 0 radical (unpaired) electrons. The van der Waals surface area contributed by atoms with Gasteiger partial charge in [0.25, 0.3) is 5.91 Å². The lowest BCUT2D eigenvalue weighted by Crippen LogP contribution is -2.40. The number of nitrogens with one attached hydrogen (secondary N) is 1. The first kappa shape index (κ1) is 18.2. The Morgan fingerprint density at radius 1 is 1.32 bits per heavy atom. The molecule has 5 N–H and O–H groups in total. The van der Waals surface area contributed by atoms with Crippen molar-refractivity contribution in [1.29, 1.82) is 0 Å². The predicted octanol–water partition coefficient (Wildman–Crippen LogP) is 1.45. The molecule has 0 bridgehead atoms. The van der Waals surface area contributed by atoms with Gasteiger partial charge in [0.15, 0.2) is 11.5 Å². The van der Waals surface area contributed by atoms with E-state index in [1.807, 2.05) is 19.2 Å². The lowest BCUT2D eigenvalue weighted by molar-refractivity contribution is 0.102. The third kappa shape index (κ3) is 3.36. The van der Waals surface area contributed by atoms with E-state index in [-0.39, 0.29) is 23.3 Å². The van der Waals surface area contributed by atoms with Crippen LogP contribution in [-0.2, 0) is 6.42 Å². The number of amides is 1. The van der Waals surface area contributed by atoms with Gasteiger partial charge in [0.1, 0.15) is 5.56 Å². The number of carbonyl (C=O) groups is 1. The van der Waals surface area contributed by atoms with Crippen molar-refractivity contribution < 1.29 is 4.79 Å². The summed E-state index contributed by atoms with van der Waals surface area (Å²) in [6, 6.07) is 2.13. The molecule has 3 aromatic heterocycles. The van der Waals surface area contributed by atoms with Crippen LogP contribution in [0, 0.1) is 0 Å². The van der Waals surface area contributed by atoms with Crippen LogP contribution in [0.5, 0.6) is 0 Å². The number of nitrogen functional groups attached to an aromatic ring is 1. The zero-order valence-corrected chi connectivity index (χ0v) is 15.8. The number of piperidine rings is 1. The Bertz CT molecular complexity index is 1010. The molecule has 28 heavy (non-hydrogen) atoms. The molecule has 0 atom stereocenters. The molecule has 0 aromatic carbocycles. The van der Waals surface area contributed by atoms with Gasteiger partial charge in [0.2, 0.25) is 0 Å². The van der Waals surface area contributed by atoms with Crippen LogP contribution in [0.2, 0.25) is 0 Å². The van der Waals surface area contributed by atoms with Crippen LogP contribution in [0.3, 0.4) is 0 Å². The maximum atomic E-state index is 13.0. The van der Waals surface area contributed by atoms with E-state index in [9.17, 15) is 4.79 Å². The Labute approximate surface area is 162 Å². The first-order chi connectivity index (χ1) is 13.6. The Morgan fingerprint density at radius 3 is 2.86 bits per heavy atom. The monoisotopic (exact) mass is 380 g/mol. The van der Waals surface area contributed by atoms with Crippen molar-refractivity contribution in [2.24, 2.45) is 5.73 Å². The number of aromatic nitrogens is 4. The first-order valence-corrected chi connectivity index (χ1v) is 9.45.